The summed E-state index contributed by atoms with van der Waals surface area (Å²) in [4.78, 5) is 30.2. The summed E-state index contributed by atoms with van der Waals surface area (Å²) in [6.45, 7) is 12.3. The van der Waals surface area contributed by atoms with Crippen molar-refractivity contribution in [2.45, 2.75) is 86.0 Å². The van der Waals surface area contributed by atoms with E-state index in [4.69, 9.17) is 9.15 Å². The lowest BCUT2D eigenvalue weighted by Crippen LogP contribution is -2.45. The second-order valence-corrected chi connectivity index (χ2v) is 10.0. The van der Waals surface area contributed by atoms with Gasteiger partial charge in [0.1, 0.15) is 23.8 Å². The number of carbonyl (C=O) groups excluding carboxylic acids is 2. The molecule has 0 bridgehead atoms. The molecule has 0 saturated heterocycles. The largest absolute Gasteiger partial charge is 0.457 e. The Kier molecular flexibility index (Phi) is 9.59. The first-order chi connectivity index (χ1) is 15.8. The topological polar surface area (TPSA) is 110 Å². The lowest BCUT2D eigenvalue weighted by Gasteiger charge is -2.34. The maximum atomic E-state index is 13.1. The van der Waals surface area contributed by atoms with Crippen molar-refractivity contribution in [2.24, 2.45) is 17.3 Å². The van der Waals surface area contributed by atoms with Crippen molar-refractivity contribution in [3.63, 3.8) is 0 Å². The van der Waals surface area contributed by atoms with Gasteiger partial charge in [0.25, 0.3) is 0 Å². The normalized spacial score (nSPS) is 30.1. The van der Waals surface area contributed by atoms with Gasteiger partial charge in [0, 0.05) is 19.3 Å². The van der Waals surface area contributed by atoms with E-state index >= 15 is 0 Å². The molecule has 0 aromatic carbocycles. The first kappa shape index (κ1) is 27.7. The molecule has 0 unspecified atom stereocenters. The van der Waals surface area contributed by atoms with Crippen LogP contribution in [0.5, 0.6) is 0 Å². The number of allylic oxidation sites excluding steroid dienone is 3. The minimum Gasteiger partial charge on any atom is -0.457 e. The summed E-state index contributed by atoms with van der Waals surface area (Å²) in [5, 5.41) is 21.5. The van der Waals surface area contributed by atoms with Gasteiger partial charge in [-0.15, -0.1) is 0 Å². The Morgan fingerprint density at radius 1 is 1.18 bits per heavy atom. The molecule has 7 nitrogen and oxygen atoms in total. The van der Waals surface area contributed by atoms with Crippen molar-refractivity contribution in [2.75, 3.05) is 0 Å². The highest BCUT2D eigenvalue weighted by Gasteiger charge is 2.42. The van der Waals surface area contributed by atoms with Gasteiger partial charge < -0.3 is 19.4 Å². The summed E-state index contributed by atoms with van der Waals surface area (Å²) in [7, 11) is 0. The van der Waals surface area contributed by atoms with Gasteiger partial charge in [-0.25, -0.2) is 4.98 Å². The lowest BCUT2D eigenvalue weighted by atomic mass is 9.73. The number of ketones is 1. The number of nitrogens with zero attached hydrogens (tertiary/aromatic N) is 1. The summed E-state index contributed by atoms with van der Waals surface area (Å²) >= 11 is 0. The zero-order valence-electron chi connectivity index (χ0n) is 21.4. The fraction of sp³-hybridized carbons (Fsp3) is 0.593. The van der Waals surface area contributed by atoms with Crippen LogP contribution in [-0.2, 0) is 14.3 Å². The number of ether oxygens (including phenoxy) is 1. The molecule has 1 aliphatic heterocycles. The van der Waals surface area contributed by atoms with E-state index in [2.05, 4.69) is 4.98 Å². The van der Waals surface area contributed by atoms with Crippen LogP contribution in [0.4, 0.5) is 0 Å². The van der Waals surface area contributed by atoms with Crippen LogP contribution < -0.4 is 0 Å². The smallest absolute Gasteiger partial charge is 0.309 e. The van der Waals surface area contributed by atoms with Crippen molar-refractivity contribution < 1.29 is 29.0 Å². The number of carbonyl (C=O) groups is 2. The Morgan fingerprint density at radius 2 is 1.85 bits per heavy atom. The molecule has 2 N–H and O–H groups in total. The highest BCUT2D eigenvalue weighted by Crippen LogP contribution is 2.32. The molecular weight excluding hydrogens is 434 g/mol. The van der Waals surface area contributed by atoms with E-state index in [0.717, 1.165) is 11.1 Å². The molecule has 1 aromatic rings. The SMILES string of the molecule is CC1=CC[C@@H](C(C)=Cc2coc(C)n2)OC(=O)C[C@H](O)C(C)(C)C(=O)[C@H](C)[C@@H](O)[C@@H](C)CC=C1. The van der Waals surface area contributed by atoms with Crippen LogP contribution in [-0.4, -0.2) is 45.3 Å². The molecule has 188 valence electrons. The van der Waals surface area contributed by atoms with Crippen LogP contribution >= 0.6 is 0 Å². The Hall–Kier alpha value is -2.51. The van der Waals surface area contributed by atoms with Crippen LogP contribution in [0.3, 0.4) is 0 Å². The number of aliphatic hydroxyl groups excluding tert-OH is 2. The molecule has 0 fully saturated rings. The number of cyclic esters (lactones) is 1. The minimum absolute atomic E-state index is 0.141. The summed E-state index contributed by atoms with van der Waals surface area (Å²) in [6.07, 6.45) is 7.33. The molecule has 1 aromatic heterocycles. The fourth-order valence-electron chi connectivity index (χ4n) is 4.09. The first-order valence-electron chi connectivity index (χ1n) is 11.9. The van der Waals surface area contributed by atoms with E-state index in [1.165, 1.54) is 6.26 Å². The van der Waals surface area contributed by atoms with E-state index in [9.17, 15) is 19.8 Å². The first-order valence-corrected chi connectivity index (χ1v) is 11.9. The molecule has 7 heteroatoms. The summed E-state index contributed by atoms with van der Waals surface area (Å²) in [6, 6.07) is 0. The Balaban J connectivity index is 2.38. The maximum absolute atomic E-state index is 13.1. The molecule has 5 atom stereocenters. The van der Waals surface area contributed by atoms with E-state index in [1.807, 2.05) is 39.0 Å². The Morgan fingerprint density at radius 3 is 2.47 bits per heavy atom. The zero-order valence-corrected chi connectivity index (χ0v) is 21.4. The average molecular weight is 474 g/mol. The zero-order chi connectivity index (χ0) is 25.6. The van der Waals surface area contributed by atoms with E-state index < -0.39 is 35.6 Å². The second kappa shape index (κ2) is 11.8. The van der Waals surface area contributed by atoms with E-state index in [0.29, 0.717) is 24.4 Å². The molecule has 2 heterocycles. The quantitative estimate of drug-likeness (QED) is 0.605. The van der Waals surface area contributed by atoms with Crippen molar-refractivity contribution >= 4 is 17.8 Å². The van der Waals surface area contributed by atoms with Crippen LogP contribution in [0.2, 0.25) is 0 Å². The van der Waals surface area contributed by atoms with Gasteiger partial charge in [-0.3, -0.25) is 9.59 Å². The predicted octanol–water partition coefficient (Wildman–Crippen LogP) is 4.57. The number of aliphatic hydroxyl groups is 2. The Labute approximate surface area is 202 Å². The highest BCUT2D eigenvalue weighted by atomic mass is 16.5. The third kappa shape index (κ3) is 7.24. The average Bonchev–Trinajstić information content (AvgIpc) is 3.18. The van der Waals surface area contributed by atoms with Crippen molar-refractivity contribution in [1.82, 2.24) is 4.98 Å². The molecule has 34 heavy (non-hydrogen) atoms. The number of hydrogen-bond donors (Lipinski definition) is 2. The maximum Gasteiger partial charge on any atom is 0.309 e. The predicted molar refractivity (Wildman–Crippen MR) is 131 cm³/mol. The third-order valence-corrected chi connectivity index (χ3v) is 6.67. The van der Waals surface area contributed by atoms with Gasteiger partial charge in [-0.05, 0) is 37.8 Å². The highest BCUT2D eigenvalue weighted by molar-refractivity contribution is 5.88. The lowest BCUT2D eigenvalue weighted by molar-refractivity contribution is -0.154. The monoisotopic (exact) mass is 473 g/mol. The molecule has 2 rings (SSSR count). The standard InChI is InChI=1S/C27H39NO6/c1-16-9-8-10-17(2)25(31)19(4)26(32)27(6,7)23(29)14-24(30)34-22(12-11-16)18(3)13-21-15-33-20(5)28-21/h8-9,11,13,15,17,19,22-23,25,29,31H,10,12,14H2,1-7H3/t17-,19+,22-,23-,25-/m0/s1. The second-order valence-electron chi connectivity index (χ2n) is 10.0. The molecule has 0 saturated carbocycles. The van der Waals surface area contributed by atoms with E-state index in [-0.39, 0.29) is 18.1 Å². The summed E-state index contributed by atoms with van der Waals surface area (Å²) in [5.41, 5.74) is 1.18. The Bertz CT molecular complexity index is 954. The van der Waals surface area contributed by atoms with Gasteiger partial charge in [-0.2, -0.15) is 0 Å². The molecule has 0 spiro atoms. The van der Waals surface area contributed by atoms with Crippen molar-refractivity contribution in [1.29, 1.82) is 0 Å². The van der Waals surface area contributed by atoms with Crippen molar-refractivity contribution in [3.8, 4) is 0 Å². The van der Waals surface area contributed by atoms with Crippen LogP contribution in [0, 0.1) is 24.2 Å². The number of oxazole rings is 1. The van der Waals surface area contributed by atoms with Gasteiger partial charge in [-0.1, -0.05) is 51.5 Å². The minimum atomic E-state index is -1.24. The molecule has 0 radical (unpaired) electrons. The van der Waals surface area contributed by atoms with E-state index in [1.54, 1.807) is 33.8 Å². The van der Waals surface area contributed by atoms with Gasteiger partial charge >= 0.3 is 5.97 Å². The number of hydrogen-bond acceptors (Lipinski definition) is 7. The summed E-state index contributed by atoms with van der Waals surface area (Å²) in [5.74, 6) is -1.17. The number of aromatic nitrogens is 1. The number of aryl methyl sites for hydroxylation is 1. The van der Waals surface area contributed by atoms with Crippen LogP contribution in [0.1, 0.15) is 72.4 Å². The number of Topliss-reactive ketones (excluding diaryl/α,β-unsaturated/α-hetero) is 1. The number of esters is 1. The summed E-state index contributed by atoms with van der Waals surface area (Å²) < 4.78 is 11.0. The molecule has 0 aliphatic carbocycles. The fourth-order valence-corrected chi connectivity index (χ4v) is 4.09. The van der Waals surface area contributed by atoms with Gasteiger partial charge in [0.15, 0.2) is 5.89 Å². The van der Waals surface area contributed by atoms with Crippen LogP contribution in [0.15, 0.2) is 40.1 Å². The molecular formula is C27H39NO6. The molecule has 0 amide bonds. The third-order valence-electron chi connectivity index (χ3n) is 6.67. The van der Waals surface area contributed by atoms with Crippen LogP contribution in [0.25, 0.3) is 6.08 Å². The van der Waals surface area contributed by atoms with Gasteiger partial charge in [0.2, 0.25) is 0 Å². The van der Waals surface area contributed by atoms with Gasteiger partial charge in [0.05, 0.1) is 24.0 Å². The van der Waals surface area contributed by atoms with Crippen molar-refractivity contribution in [3.05, 3.63) is 47.2 Å². The number of rotatable bonds is 2. The molecule has 1 aliphatic rings.